The summed E-state index contributed by atoms with van der Waals surface area (Å²) in [5.41, 5.74) is 17.0. The maximum Gasteiger partial charge on any atom is 0.196 e. The molecule has 0 aliphatic rings. The van der Waals surface area contributed by atoms with Gasteiger partial charge in [0.2, 0.25) is 0 Å². The Morgan fingerprint density at radius 1 is 0.574 bits per heavy atom. The molecular weight excluding hydrogens is 690 g/mol. The molecule has 0 saturated carbocycles. The fourth-order valence-corrected chi connectivity index (χ4v) is 4.54. The molecule has 9 N–H and O–H groups in total. The van der Waals surface area contributed by atoms with Crippen LogP contribution < -0.4 is 32.5 Å². The van der Waals surface area contributed by atoms with Crippen LogP contribution in [-0.2, 0) is 57.7 Å². The molecule has 3 aromatic rings. The molecule has 0 aromatic heterocycles. The van der Waals surface area contributed by atoms with E-state index < -0.39 is 36.0 Å². The van der Waals surface area contributed by atoms with Crippen LogP contribution >= 0.6 is 0 Å². The Morgan fingerprint density at radius 2 is 0.852 bits per heavy atom. The van der Waals surface area contributed by atoms with Gasteiger partial charge in [-0.15, -0.1) is 4.68 Å². The highest BCUT2D eigenvalue weighted by molar-refractivity contribution is 5.70. The second kappa shape index (κ2) is 24.7. The number of hydrazone groups is 1. The highest BCUT2D eigenvalue weighted by Gasteiger charge is 2.10. The molecule has 0 aliphatic carbocycles. The summed E-state index contributed by atoms with van der Waals surface area (Å²) in [5, 5.41) is 33.8. The van der Waals surface area contributed by atoms with Crippen molar-refractivity contribution in [2.75, 3.05) is 49.4 Å². The van der Waals surface area contributed by atoms with E-state index in [4.69, 9.17) is 4.84 Å². The average molecular weight is 751 g/mol. The van der Waals surface area contributed by atoms with Crippen molar-refractivity contribution in [3.05, 3.63) is 106 Å². The SMILES string of the molecule is CN(C)/[N+](C)=C/Cc1ccc(CC([NH3+])C(=O)[O-])cc1.CO/[N+](C)=C/Cc1ccc(CC([NH3+])C(=O)[O-])cc1.C[N+](C)=CCc1ccc(CC([NH3+])C(=O)[O-])cc1. The van der Waals surface area contributed by atoms with Crippen molar-refractivity contribution in [1.82, 2.24) is 5.01 Å². The quantitative estimate of drug-likeness (QED) is 0.0688. The highest BCUT2D eigenvalue weighted by Crippen LogP contribution is 2.08. The summed E-state index contributed by atoms with van der Waals surface area (Å²) in [6.07, 6.45) is 9.78. The molecule has 3 rings (SSSR count). The van der Waals surface area contributed by atoms with Crippen molar-refractivity contribution >= 4 is 36.6 Å². The van der Waals surface area contributed by atoms with Crippen LogP contribution in [0.3, 0.4) is 0 Å². The molecule has 3 unspecified atom stereocenters. The van der Waals surface area contributed by atoms with E-state index in [0.29, 0.717) is 19.3 Å². The first-order valence-corrected chi connectivity index (χ1v) is 17.6. The van der Waals surface area contributed by atoms with E-state index in [2.05, 4.69) is 29.6 Å². The maximum atomic E-state index is 10.6. The lowest BCUT2D eigenvalue weighted by atomic mass is 10.0. The van der Waals surface area contributed by atoms with Crippen LogP contribution in [-0.4, -0.2) is 123 Å². The van der Waals surface area contributed by atoms with E-state index in [-0.39, 0.29) is 0 Å². The zero-order valence-corrected chi connectivity index (χ0v) is 32.9. The zero-order chi connectivity index (χ0) is 40.8. The van der Waals surface area contributed by atoms with Gasteiger partial charge in [-0.25, -0.2) is 4.58 Å². The van der Waals surface area contributed by atoms with Crippen molar-refractivity contribution in [3.63, 3.8) is 0 Å². The molecule has 0 bridgehead atoms. The average Bonchev–Trinajstić information content (AvgIpc) is 3.13. The molecule has 0 amide bonds. The van der Waals surface area contributed by atoms with Crippen LogP contribution in [0.5, 0.6) is 0 Å². The van der Waals surface area contributed by atoms with E-state index in [1.165, 1.54) is 11.1 Å². The molecule has 14 nitrogen and oxygen atoms in total. The number of carbonyl (C=O) groups is 3. The van der Waals surface area contributed by atoms with Gasteiger partial charge in [0.1, 0.15) is 45.5 Å². The summed E-state index contributed by atoms with van der Waals surface area (Å²) in [6, 6.07) is 21.5. The molecule has 0 heterocycles. The minimum atomic E-state index is -1.12. The second-order valence-electron chi connectivity index (χ2n) is 13.4. The molecule has 294 valence electrons. The lowest BCUT2D eigenvalue weighted by Crippen LogP contribution is -2.69. The fraction of sp³-hybridized carbons (Fsp3) is 0.400. The lowest BCUT2D eigenvalue weighted by Gasteiger charge is -2.09. The largest absolute Gasteiger partial charge is 0.544 e. The summed E-state index contributed by atoms with van der Waals surface area (Å²) in [7, 11) is 13.3. The van der Waals surface area contributed by atoms with Crippen molar-refractivity contribution < 1.29 is 65.7 Å². The van der Waals surface area contributed by atoms with Crippen LogP contribution in [0.4, 0.5) is 0 Å². The Hall–Kier alpha value is -5.44. The Morgan fingerprint density at radius 3 is 1.11 bits per heavy atom. The van der Waals surface area contributed by atoms with Crippen molar-refractivity contribution in [1.29, 1.82) is 0 Å². The van der Waals surface area contributed by atoms with E-state index in [0.717, 1.165) is 41.5 Å². The number of quaternary nitrogens is 3. The zero-order valence-electron chi connectivity index (χ0n) is 32.9. The Balaban J connectivity index is 0.000000406. The summed E-state index contributed by atoms with van der Waals surface area (Å²) < 4.78 is 5.65. The summed E-state index contributed by atoms with van der Waals surface area (Å²) >= 11 is 0. The summed E-state index contributed by atoms with van der Waals surface area (Å²) in [6.45, 7) is 0. The normalized spacial score (nSPS) is 12.8. The van der Waals surface area contributed by atoms with Gasteiger partial charge in [-0.2, -0.15) is 5.01 Å². The molecule has 3 atom stereocenters. The van der Waals surface area contributed by atoms with Gasteiger partial charge in [0.05, 0.1) is 44.8 Å². The monoisotopic (exact) mass is 750 g/mol. The maximum absolute atomic E-state index is 10.6. The fourth-order valence-electron chi connectivity index (χ4n) is 4.54. The molecule has 0 radical (unpaired) electrons. The van der Waals surface area contributed by atoms with Gasteiger partial charge in [0.25, 0.3) is 0 Å². The predicted octanol–water partition coefficient (Wildman–Crippen LogP) is -4.80. The number of carbonyl (C=O) groups excluding carboxylic acids is 3. The van der Waals surface area contributed by atoms with E-state index in [1.807, 2.05) is 136 Å². The first-order valence-electron chi connectivity index (χ1n) is 17.6. The van der Waals surface area contributed by atoms with E-state index in [9.17, 15) is 29.7 Å². The third kappa shape index (κ3) is 20.0. The van der Waals surface area contributed by atoms with Crippen LogP contribution in [0, 0.1) is 0 Å². The van der Waals surface area contributed by atoms with Gasteiger partial charge in [-0.1, -0.05) is 72.8 Å². The van der Waals surface area contributed by atoms with Crippen LogP contribution in [0.2, 0.25) is 0 Å². The number of carboxylic acid groups (broad SMARTS) is 3. The van der Waals surface area contributed by atoms with Gasteiger partial charge < -0.3 is 46.9 Å². The first-order chi connectivity index (χ1) is 25.4. The minimum absolute atomic E-state index is 0.393. The lowest BCUT2D eigenvalue weighted by molar-refractivity contribution is -0.758. The third-order valence-corrected chi connectivity index (χ3v) is 8.30. The minimum Gasteiger partial charge on any atom is -0.544 e. The van der Waals surface area contributed by atoms with Crippen molar-refractivity contribution in [2.45, 2.75) is 56.7 Å². The number of hydrazine groups is 1. The van der Waals surface area contributed by atoms with Gasteiger partial charge in [0.15, 0.2) is 26.5 Å². The highest BCUT2D eigenvalue weighted by atomic mass is 16.6. The van der Waals surface area contributed by atoms with E-state index in [1.54, 1.807) is 11.8 Å². The van der Waals surface area contributed by atoms with Gasteiger partial charge in [-0.3, -0.25) is 4.84 Å². The Bertz CT molecular complexity index is 1680. The van der Waals surface area contributed by atoms with Crippen LogP contribution in [0.15, 0.2) is 72.8 Å². The number of carboxylic acids is 3. The summed E-state index contributed by atoms with van der Waals surface area (Å²) in [5.74, 6) is -3.32. The Kier molecular flexibility index (Phi) is 21.3. The molecular formula is C40H60N7O7+3. The van der Waals surface area contributed by atoms with Gasteiger partial charge >= 0.3 is 0 Å². The number of aliphatic carboxylic acids is 3. The van der Waals surface area contributed by atoms with Crippen molar-refractivity contribution in [2.24, 2.45) is 0 Å². The smallest absolute Gasteiger partial charge is 0.196 e. The molecule has 0 saturated heterocycles. The first kappa shape index (κ1) is 46.6. The number of hydrogen-bond acceptors (Lipinski definition) is 8. The third-order valence-electron chi connectivity index (χ3n) is 8.30. The molecule has 0 fully saturated rings. The number of hydroxylamine groups is 1. The predicted molar refractivity (Wildman–Crippen MR) is 200 cm³/mol. The van der Waals surface area contributed by atoms with Gasteiger partial charge in [0, 0.05) is 25.7 Å². The van der Waals surface area contributed by atoms with E-state index >= 15 is 0 Å². The van der Waals surface area contributed by atoms with Gasteiger partial charge in [-0.05, 0) is 38.1 Å². The molecule has 3 aromatic carbocycles. The molecule has 14 heteroatoms. The standard InChI is InChI=1S/C14H21N3O2.C13H18N2O3.C13H18N2O2/c1-16(2)17(3)9-8-11-4-6-12(7-5-11)10-13(15)14(18)19;1-15(18-2)8-7-10-3-5-11(6-4-10)9-12(14)13(16)17;1-15(2)8-7-10-3-5-11(6-4-10)9-12(14)13(16)17/h4-7,9,13H,8,10,15H2,1-3H3;3-6,8,12H,7,9,14H2,1-2H3;3-6,8,12H,7,9,14H2,1-2H3/p+3/b17-9+;15-8+;. The molecule has 0 aliphatic heterocycles. The number of hydrogen-bond donors (Lipinski definition) is 3. The number of rotatable bonds is 17. The van der Waals surface area contributed by atoms with Crippen LogP contribution in [0.25, 0.3) is 0 Å². The Labute approximate surface area is 319 Å². The second-order valence-corrected chi connectivity index (χ2v) is 13.4. The molecule has 54 heavy (non-hydrogen) atoms. The topological polar surface area (TPSA) is 225 Å². The van der Waals surface area contributed by atoms with Crippen molar-refractivity contribution in [3.8, 4) is 0 Å². The molecule has 0 spiro atoms. The summed E-state index contributed by atoms with van der Waals surface area (Å²) in [4.78, 5) is 36.7. The van der Waals surface area contributed by atoms with Crippen LogP contribution in [0.1, 0.15) is 33.4 Å². The number of benzene rings is 3. The number of nitrogens with zero attached hydrogens (tertiary/aromatic N) is 4.